The first-order chi connectivity index (χ1) is 6.92. The van der Waals surface area contributed by atoms with E-state index in [1.54, 1.807) is 20.0 Å². The number of aromatic nitrogens is 1. The van der Waals surface area contributed by atoms with Crippen LogP contribution in [0.25, 0.3) is 0 Å². The molecule has 3 N–H and O–H groups in total. The zero-order valence-corrected chi connectivity index (χ0v) is 9.57. The summed E-state index contributed by atoms with van der Waals surface area (Å²) in [6, 6.07) is 3.86. The zero-order chi connectivity index (χ0) is 11.5. The average molecular weight is 209 g/mol. The summed E-state index contributed by atoms with van der Waals surface area (Å²) < 4.78 is 0. The van der Waals surface area contributed by atoms with Crippen LogP contribution in [0.3, 0.4) is 0 Å². The van der Waals surface area contributed by atoms with E-state index >= 15 is 0 Å². The molecule has 0 atom stereocenters. The minimum atomic E-state index is -0.719. The van der Waals surface area contributed by atoms with Crippen molar-refractivity contribution in [1.82, 2.24) is 4.98 Å². The van der Waals surface area contributed by atoms with Gasteiger partial charge in [0.15, 0.2) is 0 Å². The first kappa shape index (κ1) is 11.9. The quantitative estimate of drug-likeness (QED) is 0.768. The fourth-order valence-electron chi connectivity index (χ4n) is 1.42. The monoisotopic (exact) mass is 209 g/mol. The van der Waals surface area contributed by atoms with Crippen molar-refractivity contribution in [3.05, 3.63) is 23.9 Å². The van der Waals surface area contributed by atoms with Crippen molar-refractivity contribution in [3.8, 4) is 0 Å². The third-order valence-corrected chi connectivity index (χ3v) is 2.06. The molecule has 0 spiro atoms. The van der Waals surface area contributed by atoms with Crippen LogP contribution < -0.4 is 10.6 Å². The summed E-state index contributed by atoms with van der Waals surface area (Å²) in [5.41, 5.74) is 5.77. The third kappa shape index (κ3) is 3.85. The highest BCUT2D eigenvalue weighted by molar-refractivity contribution is 5.38. The van der Waals surface area contributed by atoms with Crippen LogP contribution in [-0.2, 0) is 6.54 Å². The molecule has 1 aromatic rings. The molecule has 0 fully saturated rings. The van der Waals surface area contributed by atoms with Crippen molar-refractivity contribution >= 4 is 5.82 Å². The number of hydrogen-bond acceptors (Lipinski definition) is 4. The summed E-state index contributed by atoms with van der Waals surface area (Å²) in [6.45, 7) is 4.60. The van der Waals surface area contributed by atoms with E-state index in [1.165, 1.54) is 0 Å². The van der Waals surface area contributed by atoms with Crippen LogP contribution in [0.5, 0.6) is 0 Å². The molecule has 0 saturated carbocycles. The fraction of sp³-hybridized carbons (Fsp3) is 0.545. The van der Waals surface area contributed by atoms with Crippen molar-refractivity contribution in [2.45, 2.75) is 26.0 Å². The molecule has 4 heteroatoms. The first-order valence-electron chi connectivity index (χ1n) is 5.01. The number of likely N-dealkylation sites (N-methyl/N-ethyl adjacent to an activating group) is 1. The van der Waals surface area contributed by atoms with Gasteiger partial charge in [0.25, 0.3) is 0 Å². The second-order valence-corrected chi connectivity index (χ2v) is 4.40. The van der Waals surface area contributed by atoms with Crippen LogP contribution >= 0.6 is 0 Å². The molecule has 1 rings (SSSR count). The van der Waals surface area contributed by atoms with E-state index < -0.39 is 5.60 Å². The second kappa shape index (κ2) is 4.59. The van der Waals surface area contributed by atoms with Gasteiger partial charge in [-0.1, -0.05) is 6.07 Å². The van der Waals surface area contributed by atoms with Gasteiger partial charge in [-0.05, 0) is 25.5 Å². The van der Waals surface area contributed by atoms with E-state index in [0.717, 1.165) is 11.4 Å². The average Bonchev–Trinajstić information content (AvgIpc) is 2.15. The number of aliphatic hydroxyl groups is 1. The standard InChI is InChI=1S/C11H19N3O/c1-11(2,15)8-14(3)10-5-4-9(6-12)7-13-10/h4-5,7,15H,6,8,12H2,1-3H3. The Hall–Kier alpha value is -1.13. The third-order valence-electron chi connectivity index (χ3n) is 2.06. The van der Waals surface area contributed by atoms with Crippen LogP contribution in [0.4, 0.5) is 5.82 Å². The normalized spacial score (nSPS) is 11.5. The SMILES string of the molecule is CN(CC(C)(C)O)c1ccc(CN)cn1. The van der Waals surface area contributed by atoms with E-state index in [1.807, 2.05) is 24.1 Å². The van der Waals surface area contributed by atoms with Gasteiger partial charge >= 0.3 is 0 Å². The molecule has 0 aromatic carbocycles. The Morgan fingerprint density at radius 3 is 2.53 bits per heavy atom. The second-order valence-electron chi connectivity index (χ2n) is 4.40. The number of anilines is 1. The van der Waals surface area contributed by atoms with Crippen LogP contribution in [0, 0.1) is 0 Å². The number of hydrogen-bond donors (Lipinski definition) is 2. The van der Waals surface area contributed by atoms with Gasteiger partial charge in [-0.2, -0.15) is 0 Å². The minimum Gasteiger partial charge on any atom is -0.389 e. The Labute approximate surface area is 90.7 Å². The Balaban J connectivity index is 2.70. The molecule has 0 unspecified atom stereocenters. The van der Waals surface area contributed by atoms with Gasteiger partial charge in [0, 0.05) is 26.3 Å². The lowest BCUT2D eigenvalue weighted by Gasteiger charge is -2.26. The van der Waals surface area contributed by atoms with Crippen molar-refractivity contribution in [3.63, 3.8) is 0 Å². The van der Waals surface area contributed by atoms with Gasteiger partial charge in [0.05, 0.1) is 5.60 Å². The number of rotatable bonds is 4. The molecular formula is C11H19N3O. The smallest absolute Gasteiger partial charge is 0.128 e. The molecule has 1 heterocycles. The molecule has 0 aliphatic carbocycles. The van der Waals surface area contributed by atoms with Gasteiger partial charge in [0.1, 0.15) is 5.82 Å². The maximum absolute atomic E-state index is 9.66. The summed E-state index contributed by atoms with van der Waals surface area (Å²) in [5.74, 6) is 0.842. The highest BCUT2D eigenvalue weighted by atomic mass is 16.3. The van der Waals surface area contributed by atoms with Gasteiger partial charge < -0.3 is 15.7 Å². The molecule has 15 heavy (non-hydrogen) atoms. The maximum Gasteiger partial charge on any atom is 0.128 e. The van der Waals surface area contributed by atoms with Crippen molar-refractivity contribution in [2.24, 2.45) is 5.73 Å². The summed E-state index contributed by atoms with van der Waals surface area (Å²) in [5, 5.41) is 9.66. The van der Waals surface area contributed by atoms with E-state index in [9.17, 15) is 5.11 Å². The van der Waals surface area contributed by atoms with Gasteiger partial charge in [-0.3, -0.25) is 0 Å². The highest BCUT2D eigenvalue weighted by Crippen LogP contribution is 2.12. The van der Waals surface area contributed by atoms with E-state index in [0.29, 0.717) is 13.1 Å². The zero-order valence-electron chi connectivity index (χ0n) is 9.57. The Bertz CT molecular complexity index is 303. The maximum atomic E-state index is 9.66. The topological polar surface area (TPSA) is 62.4 Å². The summed E-state index contributed by atoms with van der Waals surface area (Å²) >= 11 is 0. The van der Waals surface area contributed by atoms with E-state index in [2.05, 4.69) is 4.98 Å². The van der Waals surface area contributed by atoms with E-state index in [4.69, 9.17) is 5.73 Å². The summed E-state index contributed by atoms with van der Waals surface area (Å²) in [7, 11) is 1.91. The Kier molecular flexibility index (Phi) is 3.66. The lowest BCUT2D eigenvalue weighted by Crippen LogP contribution is -2.36. The molecule has 0 radical (unpaired) electrons. The Morgan fingerprint density at radius 2 is 2.13 bits per heavy atom. The highest BCUT2D eigenvalue weighted by Gasteiger charge is 2.16. The molecular weight excluding hydrogens is 190 g/mol. The fourth-order valence-corrected chi connectivity index (χ4v) is 1.42. The van der Waals surface area contributed by atoms with Crippen LogP contribution in [0.15, 0.2) is 18.3 Å². The van der Waals surface area contributed by atoms with Gasteiger partial charge in [-0.15, -0.1) is 0 Å². The van der Waals surface area contributed by atoms with Crippen LogP contribution in [0.2, 0.25) is 0 Å². The van der Waals surface area contributed by atoms with Crippen molar-refractivity contribution in [1.29, 1.82) is 0 Å². The predicted molar refractivity (Wildman–Crippen MR) is 61.7 cm³/mol. The lowest BCUT2D eigenvalue weighted by atomic mass is 10.1. The number of nitrogens with two attached hydrogens (primary N) is 1. The molecule has 0 amide bonds. The minimum absolute atomic E-state index is 0.502. The summed E-state index contributed by atoms with van der Waals surface area (Å²) in [4.78, 5) is 6.19. The van der Waals surface area contributed by atoms with Crippen molar-refractivity contribution in [2.75, 3.05) is 18.5 Å². The van der Waals surface area contributed by atoms with Crippen LogP contribution in [-0.4, -0.2) is 29.3 Å². The van der Waals surface area contributed by atoms with Crippen molar-refractivity contribution < 1.29 is 5.11 Å². The molecule has 4 nitrogen and oxygen atoms in total. The molecule has 0 aliphatic rings. The summed E-state index contributed by atoms with van der Waals surface area (Å²) in [6.07, 6.45) is 1.76. The number of nitrogens with zero attached hydrogens (tertiary/aromatic N) is 2. The molecule has 0 aliphatic heterocycles. The molecule has 1 aromatic heterocycles. The Morgan fingerprint density at radius 1 is 1.47 bits per heavy atom. The number of pyridine rings is 1. The molecule has 0 saturated heterocycles. The first-order valence-corrected chi connectivity index (χ1v) is 5.01. The van der Waals surface area contributed by atoms with Gasteiger partial charge in [-0.25, -0.2) is 4.98 Å². The largest absolute Gasteiger partial charge is 0.389 e. The van der Waals surface area contributed by atoms with E-state index in [-0.39, 0.29) is 0 Å². The predicted octanol–water partition coefficient (Wildman–Crippen LogP) is 0.747. The lowest BCUT2D eigenvalue weighted by molar-refractivity contribution is 0.0884. The van der Waals surface area contributed by atoms with Gasteiger partial charge in [0.2, 0.25) is 0 Å². The van der Waals surface area contributed by atoms with Crippen LogP contribution in [0.1, 0.15) is 19.4 Å². The molecule has 84 valence electrons. The molecule has 0 bridgehead atoms.